The van der Waals surface area contributed by atoms with Gasteiger partial charge in [0.15, 0.2) is 0 Å². The maximum absolute atomic E-state index is 13.4. The molecule has 0 aromatic heterocycles. The number of benzene rings is 2. The van der Waals surface area contributed by atoms with Crippen LogP contribution in [-0.4, -0.2) is 46.8 Å². The van der Waals surface area contributed by atoms with Crippen molar-refractivity contribution >= 4 is 23.4 Å². The molecule has 7 nitrogen and oxygen atoms in total. The molecule has 0 radical (unpaired) electrons. The Morgan fingerprint density at radius 1 is 0.816 bits per heavy atom. The van der Waals surface area contributed by atoms with Gasteiger partial charge in [0, 0.05) is 29.9 Å². The zero-order chi connectivity index (χ0) is 26.8. The van der Waals surface area contributed by atoms with E-state index in [1.54, 1.807) is 0 Å². The number of piperidine rings is 1. The van der Waals surface area contributed by atoms with Crippen molar-refractivity contribution in [3.8, 4) is 0 Å². The van der Waals surface area contributed by atoms with Crippen molar-refractivity contribution in [2.24, 2.45) is 5.92 Å². The van der Waals surface area contributed by atoms with Gasteiger partial charge in [-0.2, -0.15) is 0 Å². The Morgan fingerprint density at radius 2 is 1.42 bits per heavy atom. The summed E-state index contributed by atoms with van der Waals surface area (Å²) in [5.41, 5.74) is 3.30. The van der Waals surface area contributed by atoms with Gasteiger partial charge in [-0.15, -0.1) is 0 Å². The average molecular weight is 517 g/mol. The fraction of sp³-hybridized carbons (Fsp3) is 0.516. The van der Waals surface area contributed by atoms with Gasteiger partial charge in [0.1, 0.15) is 0 Å². The highest BCUT2D eigenvalue weighted by atomic mass is 16.2. The number of para-hydroxylation sites is 1. The van der Waals surface area contributed by atoms with Crippen LogP contribution in [0.1, 0.15) is 68.1 Å². The van der Waals surface area contributed by atoms with Gasteiger partial charge in [0.2, 0.25) is 5.91 Å². The van der Waals surface area contributed by atoms with Crippen LogP contribution in [0.5, 0.6) is 0 Å². The summed E-state index contributed by atoms with van der Waals surface area (Å²) in [6.45, 7) is 6.55. The molecule has 1 saturated heterocycles. The number of anilines is 1. The number of fused-ring (bicyclic) bond motifs is 3. The number of hydrogen-bond donors (Lipinski definition) is 3. The fourth-order valence-corrected chi connectivity index (χ4v) is 6.66. The number of carbonyl (C=O) groups excluding carboxylic acids is 3. The molecule has 3 amide bonds. The predicted molar refractivity (Wildman–Crippen MR) is 148 cm³/mol. The molecule has 3 aliphatic carbocycles. The molecule has 6 rings (SSSR count). The largest absolute Gasteiger partial charge is 0.350 e. The molecular formula is C31H40N4O3. The molecule has 3 N–H and O–H groups in total. The van der Waals surface area contributed by atoms with Gasteiger partial charge < -0.3 is 16.0 Å². The molecule has 1 unspecified atom stereocenters. The van der Waals surface area contributed by atoms with Crippen molar-refractivity contribution in [2.75, 3.05) is 18.4 Å². The number of aryl methyl sites for hydroxylation is 2. The molecule has 1 heterocycles. The van der Waals surface area contributed by atoms with E-state index < -0.39 is 11.8 Å². The monoisotopic (exact) mass is 516 g/mol. The Kier molecular flexibility index (Phi) is 7.57. The van der Waals surface area contributed by atoms with Crippen LogP contribution in [0.3, 0.4) is 0 Å². The Bertz CT molecular complexity index is 1150. The van der Waals surface area contributed by atoms with Gasteiger partial charge in [-0.1, -0.05) is 48.5 Å². The van der Waals surface area contributed by atoms with Gasteiger partial charge in [-0.05, 0) is 88.4 Å². The normalized spacial score (nSPS) is 26.9. The van der Waals surface area contributed by atoms with Crippen molar-refractivity contribution in [2.45, 2.75) is 82.8 Å². The summed E-state index contributed by atoms with van der Waals surface area (Å²) in [4.78, 5) is 41.3. The Balaban J connectivity index is 1.13. The van der Waals surface area contributed by atoms with E-state index in [9.17, 15) is 14.4 Å². The number of nitrogens with one attached hydrogen (secondary N) is 3. The Morgan fingerprint density at radius 3 is 2.05 bits per heavy atom. The van der Waals surface area contributed by atoms with E-state index >= 15 is 0 Å². The Hall–Kier alpha value is -3.19. The number of rotatable bonds is 6. The van der Waals surface area contributed by atoms with Crippen molar-refractivity contribution in [1.29, 1.82) is 0 Å². The standard InChI is InChI=1S/C31H40N4O3/c1-22-8-6-9-23(2)26(22)32-28(37)29(38)34-31-16-13-30(14-17-31,15-18-31)33-27(36)25-12-7-19-35(21-25)20-24-10-4-3-5-11-24/h3-6,8-11,25H,7,12-21H2,1-2H3,(H,32,37)(H,33,36)(H,34,38). The summed E-state index contributed by atoms with van der Waals surface area (Å²) >= 11 is 0. The third-order valence-corrected chi connectivity index (χ3v) is 9.06. The van der Waals surface area contributed by atoms with Crippen molar-refractivity contribution in [3.05, 3.63) is 65.2 Å². The molecule has 1 aliphatic heterocycles. The smallest absolute Gasteiger partial charge is 0.313 e. The SMILES string of the molecule is Cc1cccc(C)c1NC(=O)C(=O)NC12CCC(NC(=O)C3CCCN(Cc4ccccc4)C3)(CC1)CC2. The second-order valence-corrected chi connectivity index (χ2v) is 11.8. The molecule has 0 spiro atoms. The van der Waals surface area contributed by atoms with Crippen molar-refractivity contribution in [1.82, 2.24) is 15.5 Å². The molecule has 2 aromatic carbocycles. The zero-order valence-electron chi connectivity index (χ0n) is 22.6. The van der Waals surface area contributed by atoms with Gasteiger partial charge >= 0.3 is 11.8 Å². The van der Waals surface area contributed by atoms with Crippen LogP contribution in [0.25, 0.3) is 0 Å². The minimum atomic E-state index is -0.621. The summed E-state index contributed by atoms with van der Waals surface area (Å²) in [7, 11) is 0. The number of nitrogens with zero attached hydrogens (tertiary/aromatic N) is 1. The predicted octanol–water partition coefficient (Wildman–Crippen LogP) is 4.23. The highest BCUT2D eigenvalue weighted by molar-refractivity contribution is 6.40. The maximum atomic E-state index is 13.4. The molecule has 38 heavy (non-hydrogen) atoms. The molecule has 2 aromatic rings. The summed E-state index contributed by atoms with van der Waals surface area (Å²) in [6.07, 6.45) is 6.80. The highest BCUT2D eigenvalue weighted by Gasteiger charge is 2.50. The van der Waals surface area contributed by atoms with Crippen LogP contribution in [0.4, 0.5) is 5.69 Å². The van der Waals surface area contributed by atoms with Gasteiger partial charge in [-0.25, -0.2) is 0 Å². The molecule has 202 valence electrons. The van der Waals surface area contributed by atoms with E-state index in [0.29, 0.717) is 5.69 Å². The van der Waals surface area contributed by atoms with Gasteiger partial charge in [0.25, 0.3) is 0 Å². The first-order valence-corrected chi connectivity index (χ1v) is 14.0. The zero-order valence-corrected chi connectivity index (χ0v) is 22.6. The quantitative estimate of drug-likeness (QED) is 0.501. The molecular weight excluding hydrogens is 476 g/mol. The summed E-state index contributed by atoms with van der Waals surface area (Å²) in [5.74, 6) is -1.01. The first-order chi connectivity index (χ1) is 18.3. The highest BCUT2D eigenvalue weighted by Crippen LogP contribution is 2.47. The lowest BCUT2D eigenvalue weighted by molar-refractivity contribution is -0.139. The number of hydrogen-bond acceptors (Lipinski definition) is 4. The van der Waals surface area contributed by atoms with Crippen molar-refractivity contribution in [3.63, 3.8) is 0 Å². The van der Waals surface area contributed by atoms with Crippen molar-refractivity contribution < 1.29 is 14.4 Å². The van der Waals surface area contributed by atoms with Gasteiger partial charge in [-0.3, -0.25) is 19.3 Å². The topological polar surface area (TPSA) is 90.5 Å². The first-order valence-electron chi connectivity index (χ1n) is 14.0. The molecule has 2 bridgehead atoms. The van der Waals surface area contributed by atoms with Gasteiger partial charge in [0.05, 0.1) is 5.92 Å². The lowest BCUT2D eigenvalue weighted by Gasteiger charge is -2.54. The minimum absolute atomic E-state index is 0.0174. The van der Waals surface area contributed by atoms with E-state index in [0.717, 1.165) is 82.1 Å². The molecule has 4 fully saturated rings. The summed E-state index contributed by atoms with van der Waals surface area (Å²) in [6, 6.07) is 16.2. The van der Waals surface area contributed by atoms with Crippen LogP contribution in [0.2, 0.25) is 0 Å². The van der Waals surface area contributed by atoms with Crippen LogP contribution in [-0.2, 0) is 20.9 Å². The van der Waals surface area contributed by atoms with E-state index in [-0.39, 0.29) is 22.9 Å². The van der Waals surface area contributed by atoms with Crippen LogP contribution < -0.4 is 16.0 Å². The minimum Gasteiger partial charge on any atom is -0.350 e. The fourth-order valence-electron chi connectivity index (χ4n) is 6.66. The van der Waals surface area contributed by atoms with Crippen LogP contribution in [0.15, 0.2) is 48.5 Å². The molecule has 7 heteroatoms. The van der Waals surface area contributed by atoms with E-state index in [1.807, 2.05) is 38.1 Å². The lowest BCUT2D eigenvalue weighted by atomic mass is 9.61. The summed E-state index contributed by atoms with van der Waals surface area (Å²) in [5, 5.41) is 9.33. The molecule has 1 atom stereocenters. The third-order valence-electron chi connectivity index (χ3n) is 9.06. The Labute approximate surface area is 225 Å². The average Bonchev–Trinajstić information content (AvgIpc) is 2.92. The first kappa shape index (κ1) is 26.4. The number of carbonyl (C=O) groups is 3. The maximum Gasteiger partial charge on any atom is 0.313 e. The number of amides is 3. The van der Waals surface area contributed by atoms with E-state index in [2.05, 4.69) is 45.1 Å². The lowest BCUT2D eigenvalue weighted by Crippen LogP contribution is -2.65. The van der Waals surface area contributed by atoms with E-state index in [1.165, 1.54) is 5.56 Å². The summed E-state index contributed by atoms with van der Waals surface area (Å²) < 4.78 is 0. The number of likely N-dealkylation sites (tertiary alicyclic amines) is 1. The van der Waals surface area contributed by atoms with E-state index in [4.69, 9.17) is 0 Å². The molecule has 4 aliphatic rings. The molecule has 3 saturated carbocycles. The van der Waals surface area contributed by atoms with Crippen LogP contribution in [0, 0.1) is 19.8 Å². The second kappa shape index (κ2) is 10.9. The second-order valence-electron chi connectivity index (χ2n) is 11.8. The third kappa shape index (κ3) is 5.78. The van der Waals surface area contributed by atoms with Crippen LogP contribution >= 0.6 is 0 Å².